The number of Topliss-reactive ketones (excluding diaryl/α,β-unsaturated/α-hetero) is 1. The molecule has 20 heavy (non-hydrogen) atoms. The zero-order valence-electron chi connectivity index (χ0n) is 11.3. The fraction of sp³-hybridized carbons (Fsp3) is 0.278. The smallest absolute Gasteiger partial charge is 0.143 e. The van der Waals surface area contributed by atoms with Gasteiger partial charge in [-0.3, -0.25) is 4.79 Å². The zero-order chi connectivity index (χ0) is 13.9. The van der Waals surface area contributed by atoms with E-state index >= 15 is 0 Å². The van der Waals surface area contributed by atoms with Crippen LogP contribution in [0.3, 0.4) is 0 Å². The molecular formula is C18H15FO. The standard InChI is InChI=1S/C18H15FO/c1-18-15(8-9-17(18)20)13-5-3-2-4-12(13)14-7-6-11(19)10-16(14)18/h2-7,10,15H,8-9H2,1H3/t15-,18+/m1/s1. The highest BCUT2D eigenvalue weighted by atomic mass is 19.1. The minimum atomic E-state index is -0.564. The quantitative estimate of drug-likeness (QED) is 0.698. The zero-order valence-corrected chi connectivity index (χ0v) is 11.3. The molecule has 0 unspecified atom stereocenters. The Labute approximate surface area is 117 Å². The molecule has 2 aliphatic rings. The minimum Gasteiger partial charge on any atom is -0.299 e. The average molecular weight is 266 g/mol. The highest BCUT2D eigenvalue weighted by Crippen LogP contribution is 2.56. The SMILES string of the molecule is C[C@]12C(=O)CC[C@@H]1c1ccccc1-c1ccc(F)cc12. The van der Waals surface area contributed by atoms with Crippen LogP contribution < -0.4 is 0 Å². The average Bonchev–Trinajstić information content (AvgIpc) is 2.77. The number of halogens is 1. The van der Waals surface area contributed by atoms with Gasteiger partial charge in [-0.05, 0) is 47.7 Å². The Hall–Kier alpha value is -1.96. The highest BCUT2D eigenvalue weighted by molar-refractivity contribution is 5.98. The highest BCUT2D eigenvalue weighted by Gasteiger charge is 2.51. The van der Waals surface area contributed by atoms with Crippen LogP contribution >= 0.6 is 0 Å². The number of carbonyl (C=O) groups is 1. The molecule has 4 rings (SSSR count). The van der Waals surface area contributed by atoms with Gasteiger partial charge >= 0.3 is 0 Å². The van der Waals surface area contributed by atoms with Gasteiger partial charge in [-0.1, -0.05) is 30.3 Å². The van der Waals surface area contributed by atoms with E-state index in [4.69, 9.17) is 0 Å². The summed E-state index contributed by atoms with van der Waals surface area (Å²) in [4.78, 5) is 12.5. The molecule has 2 atom stereocenters. The third kappa shape index (κ3) is 1.29. The summed E-state index contributed by atoms with van der Waals surface area (Å²) in [5.41, 5.74) is 3.70. The third-order valence-electron chi connectivity index (χ3n) is 5.10. The van der Waals surface area contributed by atoms with Gasteiger partial charge < -0.3 is 0 Å². The van der Waals surface area contributed by atoms with Crippen molar-refractivity contribution in [1.29, 1.82) is 0 Å². The second-order valence-electron chi connectivity index (χ2n) is 5.99. The fourth-order valence-corrected chi connectivity index (χ4v) is 4.05. The number of ketones is 1. The van der Waals surface area contributed by atoms with E-state index in [2.05, 4.69) is 12.1 Å². The Balaban J connectivity index is 2.11. The van der Waals surface area contributed by atoms with E-state index in [1.807, 2.05) is 25.1 Å². The Morgan fingerprint density at radius 1 is 1.15 bits per heavy atom. The van der Waals surface area contributed by atoms with Crippen LogP contribution in [0.5, 0.6) is 0 Å². The molecule has 0 radical (unpaired) electrons. The lowest BCUT2D eigenvalue weighted by Gasteiger charge is -2.38. The van der Waals surface area contributed by atoms with Crippen molar-refractivity contribution in [1.82, 2.24) is 0 Å². The summed E-state index contributed by atoms with van der Waals surface area (Å²) in [5.74, 6) is 0.159. The van der Waals surface area contributed by atoms with Crippen LogP contribution in [-0.2, 0) is 10.2 Å². The van der Waals surface area contributed by atoms with Crippen molar-refractivity contribution in [3.05, 3.63) is 59.4 Å². The lowest BCUT2D eigenvalue weighted by atomic mass is 9.63. The molecule has 0 bridgehead atoms. The van der Waals surface area contributed by atoms with Crippen LogP contribution in [0.15, 0.2) is 42.5 Å². The first-order valence-electron chi connectivity index (χ1n) is 7.05. The lowest BCUT2D eigenvalue weighted by molar-refractivity contribution is -0.121. The van der Waals surface area contributed by atoms with Crippen molar-refractivity contribution in [2.24, 2.45) is 0 Å². The Morgan fingerprint density at radius 2 is 1.95 bits per heavy atom. The van der Waals surface area contributed by atoms with Crippen LogP contribution in [0.25, 0.3) is 11.1 Å². The molecule has 0 aliphatic heterocycles. The van der Waals surface area contributed by atoms with E-state index in [1.165, 1.54) is 11.6 Å². The van der Waals surface area contributed by atoms with Crippen molar-refractivity contribution in [2.75, 3.05) is 0 Å². The normalized spacial score (nSPS) is 26.9. The summed E-state index contributed by atoms with van der Waals surface area (Å²) in [5, 5.41) is 0. The van der Waals surface area contributed by atoms with E-state index < -0.39 is 5.41 Å². The van der Waals surface area contributed by atoms with Crippen molar-refractivity contribution >= 4 is 5.78 Å². The monoisotopic (exact) mass is 266 g/mol. The van der Waals surface area contributed by atoms with Gasteiger partial charge in [0.15, 0.2) is 0 Å². The first-order chi connectivity index (χ1) is 9.62. The Kier molecular flexibility index (Phi) is 2.24. The number of rotatable bonds is 0. The topological polar surface area (TPSA) is 17.1 Å². The van der Waals surface area contributed by atoms with Gasteiger partial charge in [-0.2, -0.15) is 0 Å². The number of benzene rings is 2. The number of hydrogen-bond acceptors (Lipinski definition) is 1. The van der Waals surface area contributed by atoms with Gasteiger partial charge in [0.2, 0.25) is 0 Å². The molecule has 0 aromatic heterocycles. The summed E-state index contributed by atoms with van der Waals surface area (Å²) in [7, 11) is 0. The number of fused-ring (bicyclic) bond motifs is 6. The van der Waals surface area contributed by atoms with Crippen molar-refractivity contribution in [3.8, 4) is 11.1 Å². The van der Waals surface area contributed by atoms with E-state index in [-0.39, 0.29) is 17.5 Å². The van der Waals surface area contributed by atoms with E-state index in [0.717, 1.165) is 23.1 Å². The number of hydrogen-bond donors (Lipinski definition) is 0. The van der Waals surface area contributed by atoms with Crippen LogP contribution in [0.2, 0.25) is 0 Å². The van der Waals surface area contributed by atoms with Gasteiger partial charge in [-0.15, -0.1) is 0 Å². The molecule has 1 saturated carbocycles. The molecule has 1 nitrogen and oxygen atoms in total. The van der Waals surface area contributed by atoms with E-state index in [1.54, 1.807) is 6.07 Å². The van der Waals surface area contributed by atoms with E-state index in [9.17, 15) is 9.18 Å². The molecule has 0 saturated heterocycles. The molecule has 2 aliphatic carbocycles. The predicted octanol–water partition coefficient (Wildman–Crippen LogP) is 4.21. The molecule has 100 valence electrons. The molecule has 2 aromatic rings. The molecule has 2 heteroatoms. The summed E-state index contributed by atoms with van der Waals surface area (Å²) in [6, 6.07) is 13.1. The van der Waals surface area contributed by atoms with Gasteiger partial charge in [0.25, 0.3) is 0 Å². The molecule has 1 fully saturated rings. The largest absolute Gasteiger partial charge is 0.299 e. The Morgan fingerprint density at radius 3 is 2.80 bits per heavy atom. The maximum absolute atomic E-state index is 13.7. The lowest BCUT2D eigenvalue weighted by Crippen LogP contribution is -2.36. The third-order valence-corrected chi connectivity index (χ3v) is 5.10. The molecule has 0 N–H and O–H groups in total. The van der Waals surface area contributed by atoms with Gasteiger partial charge in [-0.25, -0.2) is 4.39 Å². The maximum Gasteiger partial charge on any atom is 0.143 e. The summed E-state index contributed by atoms with van der Waals surface area (Å²) in [6.45, 7) is 1.99. The molecule has 0 amide bonds. The van der Waals surface area contributed by atoms with Crippen LogP contribution in [0, 0.1) is 5.82 Å². The summed E-state index contributed by atoms with van der Waals surface area (Å²) in [6.07, 6.45) is 1.45. The molecule has 0 spiro atoms. The number of carbonyl (C=O) groups excluding carboxylic acids is 1. The first-order valence-corrected chi connectivity index (χ1v) is 7.05. The van der Waals surface area contributed by atoms with Gasteiger partial charge in [0, 0.05) is 12.3 Å². The van der Waals surface area contributed by atoms with Crippen molar-refractivity contribution in [3.63, 3.8) is 0 Å². The predicted molar refractivity (Wildman–Crippen MR) is 76.2 cm³/mol. The van der Waals surface area contributed by atoms with Crippen molar-refractivity contribution < 1.29 is 9.18 Å². The fourth-order valence-electron chi connectivity index (χ4n) is 4.05. The van der Waals surface area contributed by atoms with Crippen molar-refractivity contribution in [2.45, 2.75) is 31.1 Å². The second kappa shape index (κ2) is 3.78. The second-order valence-corrected chi connectivity index (χ2v) is 5.99. The first kappa shape index (κ1) is 11.8. The minimum absolute atomic E-state index is 0.181. The van der Waals surface area contributed by atoms with Crippen LogP contribution in [0.1, 0.15) is 36.8 Å². The summed E-state index contributed by atoms with van der Waals surface area (Å²) >= 11 is 0. The van der Waals surface area contributed by atoms with Gasteiger partial charge in [0.1, 0.15) is 11.6 Å². The molecule has 0 heterocycles. The van der Waals surface area contributed by atoms with Crippen LogP contribution in [0.4, 0.5) is 4.39 Å². The summed E-state index contributed by atoms with van der Waals surface area (Å²) < 4.78 is 13.7. The van der Waals surface area contributed by atoms with Gasteiger partial charge in [0.05, 0.1) is 5.41 Å². The van der Waals surface area contributed by atoms with E-state index in [0.29, 0.717) is 6.42 Å². The van der Waals surface area contributed by atoms with Crippen LogP contribution in [-0.4, -0.2) is 5.78 Å². The Bertz CT molecular complexity index is 734. The maximum atomic E-state index is 13.7. The molecular weight excluding hydrogens is 251 g/mol. The molecule has 2 aromatic carbocycles.